The lowest BCUT2D eigenvalue weighted by Gasteiger charge is -2.03. The van der Waals surface area contributed by atoms with Crippen molar-refractivity contribution in [2.24, 2.45) is 12.5 Å². The Bertz CT molecular complexity index is 330. The van der Waals surface area contributed by atoms with Gasteiger partial charge in [-0.05, 0) is 11.8 Å². The van der Waals surface area contributed by atoms with Crippen molar-refractivity contribution in [2.45, 2.75) is 32.1 Å². The zero-order chi connectivity index (χ0) is 9.64. The standard InChI is InChI=1S/C9H14ClN3/c1-9(2)4-6(9)8-12-11-7(5-10)13(8)3/h6H,4-5H2,1-3H3. The molecule has 2 rings (SSSR count). The van der Waals surface area contributed by atoms with Crippen LogP contribution in [0, 0.1) is 5.41 Å². The molecule has 0 spiro atoms. The average molecular weight is 200 g/mol. The number of aromatic nitrogens is 3. The zero-order valence-corrected chi connectivity index (χ0v) is 8.97. The van der Waals surface area contributed by atoms with E-state index in [1.807, 2.05) is 11.6 Å². The van der Waals surface area contributed by atoms with E-state index in [9.17, 15) is 0 Å². The van der Waals surface area contributed by atoms with Crippen LogP contribution >= 0.6 is 11.6 Å². The van der Waals surface area contributed by atoms with E-state index in [0.717, 1.165) is 11.6 Å². The van der Waals surface area contributed by atoms with Gasteiger partial charge in [0.1, 0.15) is 11.6 Å². The maximum atomic E-state index is 5.72. The quantitative estimate of drug-likeness (QED) is 0.683. The third kappa shape index (κ3) is 1.35. The van der Waals surface area contributed by atoms with Crippen molar-refractivity contribution in [3.8, 4) is 0 Å². The summed E-state index contributed by atoms with van der Waals surface area (Å²) in [6.07, 6.45) is 1.21. The first-order chi connectivity index (χ1) is 6.06. The maximum absolute atomic E-state index is 5.72. The van der Waals surface area contributed by atoms with Gasteiger partial charge in [-0.15, -0.1) is 21.8 Å². The van der Waals surface area contributed by atoms with Crippen molar-refractivity contribution in [1.29, 1.82) is 0 Å². The molecule has 4 heteroatoms. The number of hydrogen-bond donors (Lipinski definition) is 0. The van der Waals surface area contributed by atoms with Gasteiger partial charge in [-0.1, -0.05) is 13.8 Å². The highest BCUT2D eigenvalue weighted by Gasteiger charge is 2.49. The molecule has 1 aromatic heterocycles. The van der Waals surface area contributed by atoms with Crippen LogP contribution in [-0.2, 0) is 12.9 Å². The first kappa shape index (κ1) is 9.00. The minimum absolute atomic E-state index is 0.407. The summed E-state index contributed by atoms with van der Waals surface area (Å²) in [5.74, 6) is 2.96. The number of alkyl halides is 1. The summed E-state index contributed by atoms with van der Waals surface area (Å²) in [5, 5.41) is 8.21. The molecule has 0 saturated heterocycles. The lowest BCUT2D eigenvalue weighted by molar-refractivity contribution is 0.595. The highest BCUT2D eigenvalue weighted by molar-refractivity contribution is 6.16. The minimum Gasteiger partial charge on any atom is -0.317 e. The predicted molar refractivity (Wildman–Crippen MR) is 51.7 cm³/mol. The average Bonchev–Trinajstić information content (AvgIpc) is 2.55. The Balaban J connectivity index is 2.28. The topological polar surface area (TPSA) is 30.7 Å². The van der Waals surface area contributed by atoms with Crippen LogP contribution < -0.4 is 0 Å². The largest absolute Gasteiger partial charge is 0.317 e. The summed E-state index contributed by atoms with van der Waals surface area (Å²) in [4.78, 5) is 0. The van der Waals surface area contributed by atoms with Crippen LogP contribution in [0.3, 0.4) is 0 Å². The molecule has 1 aromatic rings. The van der Waals surface area contributed by atoms with Crippen molar-refractivity contribution in [2.75, 3.05) is 0 Å². The predicted octanol–water partition coefficient (Wildman–Crippen LogP) is 2.07. The van der Waals surface area contributed by atoms with Crippen LogP contribution in [0.1, 0.15) is 37.8 Å². The van der Waals surface area contributed by atoms with Crippen molar-refractivity contribution in [1.82, 2.24) is 14.8 Å². The van der Waals surface area contributed by atoms with Crippen molar-refractivity contribution < 1.29 is 0 Å². The Morgan fingerprint density at radius 3 is 2.54 bits per heavy atom. The summed E-state index contributed by atoms with van der Waals surface area (Å²) in [7, 11) is 1.99. The third-order valence-electron chi connectivity index (χ3n) is 2.94. The van der Waals surface area contributed by atoms with Gasteiger partial charge in [0.2, 0.25) is 0 Å². The van der Waals surface area contributed by atoms with Crippen molar-refractivity contribution in [3.63, 3.8) is 0 Å². The first-order valence-electron chi connectivity index (χ1n) is 4.50. The highest BCUT2D eigenvalue weighted by atomic mass is 35.5. The molecule has 1 aliphatic rings. The molecule has 0 aromatic carbocycles. The van der Waals surface area contributed by atoms with Gasteiger partial charge in [0.25, 0.3) is 0 Å². The van der Waals surface area contributed by atoms with Crippen LogP contribution in [0.25, 0.3) is 0 Å². The van der Waals surface area contributed by atoms with Gasteiger partial charge < -0.3 is 4.57 Å². The molecule has 1 saturated carbocycles. The number of hydrogen-bond acceptors (Lipinski definition) is 2. The molecule has 1 aliphatic carbocycles. The Kier molecular flexibility index (Phi) is 1.88. The zero-order valence-electron chi connectivity index (χ0n) is 8.21. The fourth-order valence-corrected chi connectivity index (χ4v) is 1.94. The van der Waals surface area contributed by atoms with Crippen LogP contribution in [0.5, 0.6) is 0 Å². The molecular formula is C9H14ClN3. The summed E-state index contributed by atoms with van der Waals surface area (Å²) >= 11 is 5.72. The van der Waals surface area contributed by atoms with E-state index in [4.69, 9.17) is 11.6 Å². The fourth-order valence-electron chi connectivity index (χ4n) is 1.70. The molecule has 0 radical (unpaired) electrons. The highest BCUT2D eigenvalue weighted by Crippen LogP contribution is 2.57. The molecule has 3 nitrogen and oxygen atoms in total. The summed E-state index contributed by atoms with van der Waals surface area (Å²) in [6, 6.07) is 0. The normalized spacial score (nSPS) is 24.8. The lowest BCUT2D eigenvalue weighted by atomic mass is 10.1. The van der Waals surface area contributed by atoms with Crippen molar-refractivity contribution in [3.05, 3.63) is 11.6 Å². The van der Waals surface area contributed by atoms with Gasteiger partial charge in [0.15, 0.2) is 0 Å². The smallest absolute Gasteiger partial charge is 0.147 e. The third-order valence-corrected chi connectivity index (χ3v) is 3.18. The lowest BCUT2D eigenvalue weighted by Crippen LogP contribution is -2.02. The van der Waals surface area contributed by atoms with Crippen LogP contribution in [0.4, 0.5) is 0 Å². The second-order valence-electron chi connectivity index (χ2n) is 4.41. The fraction of sp³-hybridized carbons (Fsp3) is 0.778. The second kappa shape index (κ2) is 2.71. The van der Waals surface area contributed by atoms with Crippen molar-refractivity contribution >= 4 is 11.6 Å². The molecule has 1 heterocycles. The van der Waals surface area contributed by atoms with E-state index in [0.29, 0.717) is 17.2 Å². The minimum atomic E-state index is 0.407. The van der Waals surface area contributed by atoms with E-state index in [-0.39, 0.29) is 0 Å². The van der Waals surface area contributed by atoms with E-state index in [1.165, 1.54) is 6.42 Å². The van der Waals surface area contributed by atoms with Crippen LogP contribution in [0.15, 0.2) is 0 Å². The molecule has 0 aliphatic heterocycles. The van der Waals surface area contributed by atoms with Gasteiger partial charge in [-0.3, -0.25) is 0 Å². The molecule has 1 fully saturated rings. The maximum Gasteiger partial charge on any atom is 0.147 e. The SMILES string of the molecule is Cn1c(CCl)nnc1C1CC1(C)C. The first-order valence-corrected chi connectivity index (χ1v) is 5.04. The van der Waals surface area contributed by atoms with E-state index in [1.54, 1.807) is 0 Å². The van der Waals surface area contributed by atoms with Gasteiger partial charge in [0, 0.05) is 13.0 Å². The molecular weight excluding hydrogens is 186 g/mol. The molecule has 0 amide bonds. The number of nitrogens with zero attached hydrogens (tertiary/aromatic N) is 3. The van der Waals surface area contributed by atoms with E-state index in [2.05, 4.69) is 24.0 Å². The Hall–Kier alpha value is -0.570. The van der Waals surface area contributed by atoms with Gasteiger partial charge in [0.05, 0.1) is 5.88 Å². The number of halogens is 1. The molecule has 0 N–H and O–H groups in total. The Morgan fingerprint density at radius 1 is 1.54 bits per heavy atom. The van der Waals surface area contributed by atoms with Crippen LogP contribution in [-0.4, -0.2) is 14.8 Å². The Morgan fingerprint density at radius 2 is 2.15 bits per heavy atom. The van der Waals surface area contributed by atoms with Gasteiger partial charge in [-0.25, -0.2) is 0 Å². The van der Waals surface area contributed by atoms with Gasteiger partial charge >= 0.3 is 0 Å². The Labute approximate surface area is 83.1 Å². The molecule has 1 atom stereocenters. The van der Waals surface area contributed by atoms with E-state index >= 15 is 0 Å². The summed E-state index contributed by atoms with van der Waals surface area (Å²) in [6.45, 7) is 4.51. The number of rotatable bonds is 2. The van der Waals surface area contributed by atoms with Crippen LogP contribution in [0.2, 0.25) is 0 Å². The summed E-state index contributed by atoms with van der Waals surface area (Å²) < 4.78 is 2.02. The monoisotopic (exact) mass is 199 g/mol. The molecule has 0 bridgehead atoms. The summed E-state index contributed by atoms with van der Waals surface area (Å²) in [5.41, 5.74) is 0.407. The molecule has 1 unspecified atom stereocenters. The molecule has 72 valence electrons. The molecule has 13 heavy (non-hydrogen) atoms. The second-order valence-corrected chi connectivity index (χ2v) is 4.68. The van der Waals surface area contributed by atoms with E-state index < -0.39 is 0 Å². The van der Waals surface area contributed by atoms with Gasteiger partial charge in [-0.2, -0.15) is 0 Å².